The molecule has 15 heavy (non-hydrogen) atoms. The second-order valence-corrected chi connectivity index (χ2v) is 3.35. The molecule has 0 amide bonds. The molecule has 0 bridgehead atoms. The molecule has 1 heterocycles. The Morgan fingerprint density at radius 1 is 1.47 bits per heavy atom. The molecule has 1 aromatic heterocycles. The Morgan fingerprint density at radius 2 is 2.33 bits per heavy atom. The molecule has 0 fully saturated rings. The van der Waals surface area contributed by atoms with E-state index in [9.17, 15) is 4.79 Å². The van der Waals surface area contributed by atoms with Crippen molar-refractivity contribution in [3.8, 4) is 0 Å². The molecule has 2 aromatic rings. The van der Waals surface area contributed by atoms with Crippen LogP contribution in [0, 0.1) is 0 Å². The molecule has 0 spiro atoms. The minimum Gasteiger partial charge on any atom is -0.443 e. The lowest BCUT2D eigenvalue weighted by atomic mass is 10.1. The summed E-state index contributed by atoms with van der Waals surface area (Å²) in [6.45, 7) is 0.538. The van der Waals surface area contributed by atoms with Crippen molar-refractivity contribution < 1.29 is 9.21 Å². The molecular formula is C11H12N2O2. The van der Waals surface area contributed by atoms with Crippen LogP contribution in [0.2, 0.25) is 0 Å². The SMILES string of the molecule is NCCCC(=O)c1ccc2ncoc2c1. The Morgan fingerprint density at radius 3 is 3.13 bits per heavy atom. The Balaban J connectivity index is 2.23. The molecular weight excluding hydrogens is 192 g/mol. The smallest absolute Gasteiger partial charge is 0.181 e. The number of nitrogens with zero attached hydrogens (tertiary/aromatic N) is 1. The van der Waals surface area contributed by atoms with Crippen LogP contribution < -0.4 is 5.73 Å². The Kier molecular flexibility index (Phi) is 2.78. The van der Waals surface area contributed by atoms with E-state index in [4.69, 9.17) is 10.2 Å². The fourth-order valence-corrected chi connectivity index (χ4v) is 1.44. The summed E-state index contributed by atoms with van der Waals surface area (Å²) in [5.41, 5.74) is 7.42. The molecule has 1 aromatic carbocycles. The van der Waals surface area contributed by atoms with Gasteiger partial charge in [-0.05, 0) is 31.2 Å². The van der Waals surface area contributed by atoms with Gasteiger partial charge in [0.2, 0.25) is 0 Å². The van der Waals surface area contributed by atoms with Gasteiger partial charge >= 0.3 is 0 Å². The molecule has 4 nitrogen and oxygen atoms in total. The number of hydrogen-bond acceptors (Lipinski definition) is 4. The number of hydrogen-bond donors (Lipinski definition) is 1. The number of aromatic nitrogens is 1. The first-order chi connectivity index (χ1) is 7.31. The molecule has 0 aliphatic carbocycles. The maximum Gasteiger partial charge on any atom is 0.181 e. The van der Waals surface area contributed by atoms with Crippen LogP contribution in [-0.2, 0) is 0 Å². The number of nitrogens with two attached hydrogens (primary N) is 1. The lowest BCUT2D eigenvalue weighted by Gasteiger charge is -1.98. The summed E-state index contributed by atoms with van der Waals surface area (Å²) in [6.07, 6.45) is 2.57. The zero-order valence-corrected chi connectivity index (χ0v) is 8.27. The summed E-state index contributed by atoms with van der Waals surface area (Å²) in [4.78, 5) is 15.6. The van der Waals surface area contributed by atoms with Crippen molar-refractivity contribution in [3.05, 3.63) is 30.2 Å². The molecule has 4 heteroatoms. The molecule has 0 radical (unpaired) electrons. The number of carbonyl (C=O) groups is 1. The minimum atomic E-state index is 0.0961. The van der Waals surface area contributed by atoms with Crippen molar-refractivity contribution >= 4 is 16.9 Å². The first-order valence-corrected chi connectivity index (χ1v) is 4.88. The Labute approximate surface area is 87.1 Å². The van der Waals surface area contributed by atoms with Gasteiger partial charge in [-0.15, -0.1) is 0 Å². The second kappa shape index (κ2) is 4.23. The van der Waals surface area contributed by atoms with Crippen LogP contribution in [0.1, 0.15) is 23.2 Å². The lowest BCUT2D eigenvalue weighted by molar-refractivity contribution is 0.0981. The quantitative estimate of drug-likeness (QED) is 0.770. The topological polar surface area (TPSA) is 69.1 Å². The average Bonchev–Trinajstić information content (AvgIpc) is 2.72. The Hall–Kier alpha value is -1.68. The number of rotatable bonds is 4. The summed E-state index contributed by atoms with van der Waals surface area (Å²) in [6, 6.07) is 5.28. The van der Waals surface area contributed by atoms with Crippen molar-refractivity contribution in [2.24, 2.45) is 5.73 Å². The number of fused-ring (bicyclic) bond motifs is 1. The number of carbonyl (C=O) groups excluding carboxylic acids is 1. The highest BCUT2D eigenvalue weighted by molar-refractivity contribution is 5.98. The number of benzene rings is 1. The van der Waals surface area contributed by atoms with E-state index in [1.807, 2.05) is 0 Å². The lowest BCUT2D eigenvalue weighted by Crippen LogP contribution is -2.04. The van der Waals surface area contributed by atoms with E-state index < -0.39 is 0 Å². The van der Waals surface area contributed by atoms with Gasteiger partial charge in [0.15, 0.2) is 17.8 Å². The first-order valence-electron chi connectivity index (χ1n) is 4.88. The highest BCUT2D eigenvalue weighted by Gasteiger charge is 2.07. The van der Waals surface area contributed by atoms with E-state index in [2.05, 4.69) is 4.98 Å². The summed E-state index contributed by atoms with van der Waals surface area (Å²) in [7, 11) is 0. The fourth-order valence-electron chi connectivity index (χ4n) is 1.44. The van der Waals surface area contributed by atoms with E-state index >= 15 is 0 Å². The van der Waals surface area contributed by atoms with Crippen LogP contribution in [0.25, 0.3) is 11.1 Å². The van der Waals surface area contributed by atoms with Gasteiger partial charge in [-0.25, -0.2) is 4.98 Å². The van der Waals surface area contributed by atoms with Crippen LogP contribution in [0.3, 0.4) is 0 Å². The van der Waals surface area contributed by atoms with Crippen molar-refractivity contribution in [2.45, 2.75) is 12.8 Å². The van der Waals surface area contributed by atoms with Gasteiger partial charge < -0.3 is 10.2 Å². The normalized spacial score (nSPS) is 10.7. The maximum absolute atomic E-state index is 11.7. The van der Waals surface area contributed by atoms with Gasteiger partial charge in [-0.2, -0.15) is 0 Å². The van der Waals surface area contributed by atoms with E-state index in [1.165, 1.54) is 6.39 Å². The molecule has 0 saturated carbocycles. The predicted molar refractivity (Wildman–Crippen MR) is 56.6 cm³/mol. The molecule has 0 saturated heterocycles. The molecule has 2 N–H and O–H groups in total. The molecule has 2 rings (SSSR count). The van der Waals surface area contributed by atoms with Crippen LogP contribution in [0.5, 0.6) is 0 Å². The van der Waals surface area contributed by atoms with Gasteiger partial charge in [-0.1, -0.05) is 0 Å². The van der Waals surface area contributed by atoms with E-state index in [0.717, 1.165) is 5.52 Å². The third-order valence-electron chi connectivity index (χ3n) is 2.26. The average molecular weight is 204 g/mol. The van der Waals surface area contributed by atoms with E-state index in [1.54, 1.807) is 18.2 Å². The summed E-state index contributed by atoms with van der Waals surface area (Å²) in [5, 5.41) is 0. The van der Waals surface area contributed by atoms with Gasteiger partial charge in [0.05, 0.1) is 0 Å². The molecule has 78 valence electrons. The van der Waals surface area contributed by atoms with Crippen molar-refractivity contribution in [1.29, 1.82) is 0 Å². The highest BCUT2D eigenvalue weighted by atomic mass is 16.3. The number of oxazole rings is 1. The van der Waals surface area contributed by atoms with Crippen molar-refractivity contribution in [1.82, 2.24) is 4.98 Å². The molecule has 0 aliphatic heterocycles. The maximum atomic E-state index is 11.7. The van der Waals surface area contributed by atoms with Gasteiger partial charge in [0.1, 0.15) is 5.52 Å². The second-order valence-electron chi connectivity index (χ2n) is 3.35. The van der Waals surface area contributed by atoms with Crippen LogP contribution in [0.4, 0.5) is 0 Å². The van der Waals surface area contributed by atoms with E-state index in [0.29, 0.717) is 30.5 Å². The van der Waals surface area contributed by atoms with Crippen LogP contribution >= 0.6 is 0 Å². The van der Waals surface area contributed by atoms with Crippen LogP contribution in [0.15, 0.2) is 29.0 Å². The summed E-state index contributed by atoms with van der Waals surface area (Å²) < 4.78 is 5.13. The Bertz CT molecular complexity index is 476. The molecule has 0 aliphatic rings. The zero-order chi connectivity index (χ0) is 10.7. The fraction of sp³-hybridized carbons (Fsp3) is 0.273. The third kappa shape index (κ3) is 2.05. The zero-order valence-electron chi connectivity index (χ0n) is 8.27. The monoisotopic (exact) mass is 204 g/mol. The summed E-state index contributed by atoms with van der Waals surface area (Å²) >= 11 is 0. The first kappa shape index (κ1) is 9.86. The molecule has 0 unspecified atom stereocenters. The van der Waals surface area contributed by atoms with E-state index in [-0.39, 0.29) is 5.78 Å². The van der Waals surface area contributed by atoms with Crippen LogP contribution in [-0.4, -0.2) is 17.3 Å². The van der Waals surface area contributed by atoms with Crippen molar-refractivity contribution in [2.75, 3.05) is 6.54 Å². The predicted octanol–water partition coefficient (Wildman–Crippen LogP) is 1.75. The number of Topliss-reactive ketones (excluding diaryl/α,β-unsaturated/α-hetero) is 1. The third-order valence-corrected chi connectivity index (χ3v) is 2.26. The number of ketones is 1. The summed E-state index contributed by atoms with van der Waals surface area (Å²) in [5.74, 6) is 0.0961. The van der Waals surface area contributed by atoms with Gasteiger partial charge in [0.25, 0.3) is 0 Å². The standard InChI is InChI=1S/C11H12N2O2/c12-5-1-2-10(14)8-3-4-9-11(6-8)15-7-13-9/h3-4,6-7H,1-2,5,12H2. The molecule has 0 atom stereocenters. The largest absolute Gasteiger partial charge is 0.443 e. The highest BCUT2D eigenvalue weighted by Crippen LogP contribution is 2.15. The van der Waals surface area contributed by atoms with Crippen molar-refractivity contribution in [3.63, 3.8) is 0 Å². The van der Waals surface area contributed by atoms with Gasteiger partial charge in [0, 0.05) is 12.0 Å². The van der Waals surface area contributed by atoms with Gasteiger partial charge in [-0.3, -0.25) is 4.79 Å². The minimum absolute atomic E-state index is 0.0961.